The molecular weight excluding hydrogens is 266 g/mol. The van der Waals surface area contributed by atoms with Crippen LogP contribution in [0.4, 0.5) is 5.82 Å². The van der Waals surface area contributed by atoms with E-state index >= 15 is 0 Å². The largest absolute Gasteiger partial charge is 0.369 e. The van der Waals surface area contributed by atoms with E-state index in [1.807, 2.05) is 0 Å². The Hall–Kier alpha value is -0.510. The lowest BCUT2D eigenvalue weighted by Crippen LogP contribution is -2.25. The van der Waals surface area contributed by atoms with Gasteiger partial charge in [0.25, 0.3) is 0 Å². The number of anilines is 1. The summed E-state index contributed by atoms with van der Waals surface area (Å²) in [6.07, 6.45) is 1.00. The number of nitrogens with one attached hydrogen (secondary N) is 1. The predicted molar refractivity (Wildman–Crippen MR) is 70.7 cm³/mol. The molecule has 16 heavy (non-hydrogen) atoms. The molecular formula is C12H20BrN3. The third kappa shape index (κ3) is 2.42. The first-order valence-corrected chi connectivity index (χ1v) is 6.65. The molecule has 1 unspecified atom stereocenters. The number of hydrogen-bond acceptors (Lipinski definition) is 2. The highest BCUT2D eigenvalue weighted by Crippen LogP contribution is 2.33. The number of halogens is 1. The Morgan fingerprint density at radius 1 is 1.50 bits per heavy atom. The molecule has 0 radical (unpaired) electrons. The molecule has 0 spiro atoms. The second-order valence-electron chi connectivity index (χ2n) is 6.01. The van der Waals surface area contributed by atoms with E-state index in [1.54, 1.807) is 0 Å². The summed E-state index contributed by atoms with van der Waals surface area (Å²) in [5.41, 5.74) is 1.45. The summed E-state index contributed by atoms with van der Waals surface area (Å²) in [5.74, 6) is 1.80. The zero-order valence-corrected chi connectivity index (χ0v) is 12.1. The Kier molecular flexibility index (Phi) is 3.03. The van der Waals surface area contributed by atoms with Gasteiger partial charge in [-0.2, -0.15) is 5.10 Å². The van der Waals surface area contributed by atoms with Crippen LogP contribution in [0.1, 0.15) is 33.4 Å². The molecule has 1 aromatic rings. The number of fused-ring (bicyclic) bond motifs is 1. The molecule has 0 saturated heterocycles. The summed E-state index contributed by atoms with van der Waals surface area (Å²) >= 11 is 3.66. The molecule has 0 fully saturated rings. The van der Waals surface area contributed by atoms with Crippen LogP contribution < -0.4 is 5.32 Å². The van der Waals surface area contributed by atoms with E-state index in [9.17, 15) is 0 Å². The van der Waals surface area contributed by atoms with Crippen molar-refractivity contribution in [3.05, 3.63) is 10.2 Å². The molecule has 0 aromatic carbocycles. The topological polar surface area (TPSA) is 29.9 Å². The quantitative estimate of drug-likeness (QED) is 0.858. The van der Waals surface area contributed by atoms with Gasteiger partial charge < -0.3 is 5.32 Å². The van der Waals surface area contributed by atoms with Gasteiger partial charge in [0, 0.05) is 13.1 Å². The van der Waals surface area contributed by atoms with Crippen molar-refractivity contribution in [1.29, 1.82) is 0 Å². The number of aromatic nitrogens is 2. The molecule has 1 aliphatic rings. The Balaban J connectivity index is 2.29. The molecule has 4 heteroatoms. The van der Waals surface area contributed by atoms with Gasteiger partial charge in [-0.05, 0) is 33.7 Å². The van der Waals surface area contributed by atoms with Gasteiger partial charge >= 0.3 is 0 Å². The lowest BCUT2D eigenvalue weighted by Gasteiger charge is -2.21. The summed E-state index contributed by atoms with van der Waals surface area (Å²) in [6.45, 7) is 11.0. The molecule has 0 bridgehead atoms. The minimum atomic E-state index is 0.276. The maximum atomic E-state index is 4.69. The fraction of sp³-hybridized carbons (Fsp3) is 0.750. The molecule has 1 aliphatic heterocycles. The van der Waals surface area contributed by atoms with Gasteiger partial charge in [0.15, 0.2) is 0 Å². The van der Waals surface area contributed by atoms with Crippen LogP contribution in [-0.4, -0.2) is 16.3 Å². The lowest BCUT2D eigenvalue weighted by molar-refractivity contribution is 0.396. The zero-order chi connectivity index (χ0) is 11.9. The number of nitrogens with zero attached hydrogens (tertiary/aromatic N) is 2. The first kappa shape index (κ1) is 12.0. The minimum absolute atomic E-state index is 0.276. The van der Waals surface area contributed by atoms with E-state index in [-0.39, 0.29) is 5.41 Å². The Morgan fingerprint density at radius 2 is 2.19 bits per heavy atom. The van der Waals surface area contributed by atoms with E-state index in [0.717, 1.165) is 29.8 Å². The van der Waals surface area contributed by atoms with E-state index in [4.69, 9.17) is 5.10 Å². The van der Waals surface area contributed by atoms with Crippen molar-refractivity contribution >= 4 is 21.7 Å². The average molecular weight is 286 g/mol. The Bertz CT molecular complexity index is 390. The molecule has 0 aliphatic carbocycles. The number of rotatable bonds is 1. The summed E-state index contributed by atoms with van der Waals surface area (Å²) in [7, 11) is 0. The van der Waals surface area contributed by atoms with Crippen LogP contribution in [0.2, 0.25) is 0 Å². The Labute approximate surface area is 106 Å². The summed E-state index contributed by atoms with van der Waals surface area (Å²) in [4.78, 5) is 0. The minimum Gasteiger partial charge on any atom is -0.369 e. The molecule has 90 valence electrons. The van der Waals surface area contributed by atoms with Gasteiger partial charge in [0.1, 0.15) is 5.82 Å². The Morgan fingerprint density at radius 3 is 2.81 bits per heavy atom. The van der Waals surface area contributed by atoms with E-state index in [2.05, 4.69) is 53.6 Å². The third-order valence-corrected chi connectivity index (χ3v) is 3.59. The maximum Gasteiger partial charge on any atom is 0.139 e. The molecule has 0 amide bonds. The van der Waals surface area contributed by atoms with Crippen LogP contribution in [0, 0.1) is 11.3 Å². The van der Waals surface area contributed by atoms with E-state index < -0.39 is 0 Å². The van der Waals surface area contributed by atoms with Crippen molar-refractivity contribution in [3.8, 4) is 0 Å². The maximum absolute atomic E-state index is 4.69. The number of hydrogen-bond donors (Lipinski definition) is 1. The predicted octanol–water partition coefficient (Wildman–Crippen LogP) is 3.30. The third-order valence-electron chi connectivity index (χ3n) is 2.76. The molecule has 3 nitrogen and oxygen atoms in total. The molecule has 1 N–H and O–H groups in total. The molecule has 1 aromatic heterocycles. The van der Waals surface area contributed by atoms with Crippen LogP contribution in [0.5, 0.6) is 0 Å². The second-order valence-corrected chi connectivity index (χ2v) is 6.81. The van der Waals surface area contributed by atoms with Gasteiger partial charge in [0.05, 0.1) is 10.2 Å². The molecule has 2 heterocycles. The highest BCUT2D eigenvalue weighted by molar-refractivity contribution is 9.10. The zero-order valence-electron chi connectivity index (χ0n) is 10.5. The SMILES string of the molecule is CC1CNc2c(Br)c(CC(C)(C)C)nn2C1. The highest BCUT2D eigenvalue weighted by atomic mass is 79.9. The molecule has 2 rings (SSSR count). The van der Waals surface area contributed by atoms with Crippen LogP contribution in [0.3, 0.4) is 0 Å². The molecule has 0 saturated carbocycles. The van der Waals surface area contributed by atoms with Crippen LogP contribution in [-0.2, 0) is 13.0 Å². The summed E-state index contributed by atoms with van der Waals surface area (Å²) in [5, 5.41) is 8.13. The van der Waals surface area contributed by atoms with Crippen molar-refractivity contribution in [2.45, 2.75) is 40.7 Å². The van der Waals surface area contributed by atoms with Crippen molar-refractivity contribution in [3.63, 3.8) is 0 Å². The van der Waals surface area contributed by atoms with E-state index in [1.165, 1.54) is 5.69 Å². The standard InChI is InChI=1S/C12H20BrN3/c1-8-6-14-11-10(13)9(5-12(2,3)4)15-16(11)7-8/h8,14H,5-7H2,1-4H3. The van der Waals surface area contributed by atoms with Crippen LogP contribution in [0.25, 0.3) is 0 Å². The highest BCUT2D eigenvalue weighted by Gasteiger charge is 2.24. The fourth-order valence-electron chi connectivity index (χ4n) is 2.04. The van der Waals surface area contributed by atoms with Crippen molar-refractivity contribution in [1.82, 2.24) is 9.78 Å². The van der Waals surface area contributed by atoms with Crippen LogP contribution >= 0.6 is 15.9 Å². The normalized spacial score (nSPS) is 20.4. The van der Waals surface area contributed by atoms with Gasteiger partial charge in [-0.3, -0.25) is 0 Å². The summed E-state index contributed by atoms with van der Waals surface area (Å²) < 4.78 is 3.24. The van der Waals surface area contributed by atoms with Gasteiger partial charge in [-0.1, -0.05) is 27.7 Å². The first-order chi connectivity index (χ1) is 7.37. The van der Waals surface area contributed by atoms with Gasteiger partial charge in [0.2, 0.25) is 0 Å². The van der Waals surface area contributed by atoms with Crippen molar-refractivity contribution in [2.24, 2.45) is 11.3 Å². The van der Waals surface area contributed by atoms with E-state index in [0.29, 0.717) is 5.92 Å². The second kappa shape index (κ2) is 4.06. The smallest absolute Gasteiger partial charge is 0.139 e. The average Bonchev–Trinajstić information content (AvgIpc) is 2.40. The van der Waals surface area contributed by atoms with Gasteiger partial charge in [-0.25, -0.2) is 4.68 Å². The monoisotopic (exact) mass is 285 g/mol. The fourth-order valence-corrected chi connectivity index (χ4v) is 2.60. The van der Waals surface area contributed by atoms with Gasteiger partial charge in [-0.15, -0.1) is 0 Å². The molecule has 1 atom stereocenters. The van der Waals surface area contributed by atoms with Crippen molar-refractivity contribution in [2.75, 3.05) is 11.9 Å². The first-order valence-electron chi connectivity index (χ1n) is 5.86. The van der Waals surface area contributed by atoms with Crippen LogP contribution in [0.15, 0.2) is 4.47 Å². The lowest BCUT2D eigenvalue weighted by atomic mass is 9.91. The van der Waals surface area contributed by atoms with Crippen molar-refractivity contribution < 1.29 is 0 Å². The summed E-state index contributed by atoms with van der Waals surface area (Å²) in [6, 6.07) is 0.